The van der Waals surface area contributed by atoms with Gasteiger partial charge >= 0.3 is 24.0 Å². The van der Waals surface area contributed by atoms with Crippen LogP contribution in [0, 0.1) is 10.1 Å². The number of ether oxygens (including phenoxy) is 3. The molecule has 2 heterocycles. The van der Waals surface area contributed by atoms with Gasteiger partial charge in [-0.3, -0.25) is 39.0 Å². The molecule has 254 valence electrons. The highest BCUT2D eigenvalue weighted by atomic mass is 32.2. The molecule has 2 aromatic rings. The van der Waals surface area contributed by atoms with Crippen molar-refractivity contribution in [3.63, 3.8) is 0 Å². The van der Waals surface area contributed by atoms with E-state index in [0.717, 1.165) is 36.6 Å². The van der Waals surface area contributed by atoms with Gasteiger partial charge in [-0.1, -0.05) is 6.07 Å². The summed E-state index contributed by atoms with van der Waals surface area (Å²) in [6.45, 7) is 4.92. The minimum absolute atomic E-state index is 0.0456. The zero-order valence-electron chi connectivity index (χ0n) is 25.7. The molecule has 0 bridgehead atoms. The Hall–Kier alpha value is -5.72. The molecule has 0 saturated carbocycles. The first-order valence-corrected chi connectivity index (χ1v) is 14.8. The fraction of sp³-hybridized carbons (Fsp3) is 0.345. The van der Waals surface area contributed by atoms with Crippen LogP contribution < -0.4 is 25.4 Å². The third kappa shape index (κ3) is 6.99. The van der Waals surface area contributed by atoms with Gasteiger partial charge in [-0.2, -0.15) is 0 Å². The van der Waals surface area contributed by atoms with Gasteiger partial charge in [0.15, 0.2) is 22.5 Å². The number of nitro groups is 1. The zero-order chi connectivity index (χ0) is 35.6. The summed E-state index contributed by atoms with van der Waals surface area (Å²) in [7, 11) is 0. The summed E-state index contributed by atoms with van der Waals surface area (Å²) < 4.78 is 14.3. The number of carbonyl (C=O) groups is 7. The van der Waals surface area contributed by atoms with Crippen molar-refractivity contribution >= 4 is 59.7 Å². The minimum atomic E-state index is -1.69. The van der Waals surface area contributed by atoms with Crippen molar-refractivity contribution < 1.29 is 57.8 Å². The van der Waals surface area contributed by atoms with Gasteiger partial charge in [0.05, 0.1) is 4.92 Å². The number of carboxylic acids is 1. The lowest BCUT2D eigenvalue weighted by Crippen LogP contribution is -2.82. The summed E-state index contributed by atoms with van der Waals surface area (Å²) >= 11 is 0.934. The van der Waals surface area contributed by atoms with Crippen molar-refractivity contribution in [2.24, 2.45) is 0 Å². The number of benzene rings is 2. The van der Waals surface area contributed by atoms with Crippen molar-refractivity contribution in [2.75, 3.05) is 0 Å². The van der Waals surface area contributed by atoms with Gasteiger partial charge in [-0.05, 0) is 49.2 Å². The summed E-state index contributed by atoms with van der Waals surface area (Å²) in [6, 6.07) is 4.16. The number of carbonyl (C=O) groups excluding carboxylic acids is 6. The Morgan fingerprint density at radius 1 is 1.06 bits per heavy atom. The van der Waals surface area contributed by atoms with Crippen LogP contribution in [-0.2, 0) is 40.1 Å². The fourth-order valence-corrected chi connectivity index (χ4v) is 7.10. The fourth-order valence-electron chi connectivity index (χ4n) is 5.30. The van der Waals surface area contributed by atoms with E-state index in [0.29, 0.717) is 5.56 Å². The number of nitrogens with one attached hydrogen (secondary N) is 3. The number of alkyl carbamates (subject to hydrolysis) is 1. The molecule has 4 amide bonds. The number of amides is 4. The van der Waals surface area contributed by atoms with Crippen LogP contribution in [0.2, 0.25) is 0 Å². The second-order valence-corrected chi connectivity index (χ2v) is 12.9. The number of nitrogens with zero attached hydrogens (tertiary/aromatic N) is 2. The summed E-state index contributed by atoms with van der Waals surface area (Å²) in [5.41, 5.74) is 0.136. The molecule has 2 fully saturated rings. The molecule has 2 unspecified atom stereocenters. The first kappa shape index (κ1) is 35.1. The third-order valence-corrected chi connectivity index (χ3v) is 8.82. The number of carboxylic acid groups (broad SMARTS) is 1. The molecule has 18 nitrogen and oxygen atoms in total. The maximum absolute atomic E-state index is 13.9. The van der Waals surface area contributed by atoms with Crippen molar-refractivity contribution in [3.8, 4) is 11.5 Å². The quantitative estimate of drug-likeness (QED) is 0.0610. The van der Waals surface area contributed by atoms with E-state index in [1.165, 1.54) is 36.4 Å². The molecule has 0 spiro atoms. The lowest BCUT2D eigenvalue weighted by Gasteiger charge is -2.52. The number of rotatable bonds is 12. The number of aliphatic carboxylic acids is 1. The summed E-state index contributed by atoms with van der Waals surface area (Å²) in [4.78, 5) is 96.8. The molecule has 4 rings (SSSR count). The van der Waals surface area contributed by atoms with Crippen LogP contribution in [-0.4, -0.2) is 79.0 Å². The smallest absolute Gasteiger partial charge is 0.408 e. The van der Waals surface area contributed by atoms with E-state index >= 15 is 0 Å². The molecule has 0 aromatic heterocycles. The predicted molar refractivity (Wildman–Crippen MR) is 162 cm³/mol. The third-order valence-electron chi connectivity index (χ3n) is 7.21. The maximum atomic E-state index is 13.9. The topological polar surface area (TPSA) is 250 Å². The number of non-ortho nitro benzene ring substituents is 1. The molecular weight excluding hydrogens is 658 g/mol. The Labute approximate surface area is 275 Å². The number of thioether (sulfide) groups is 1. The monoisotopic (exact) mass is 687 g/mol. The van der Waals surface area contributed by atoms with Crippen LogP contribution in [0.15, 0.2) is 42.5 Å². The van der Waals surface area contributed by atoms with E-state index in [1.54, 1.807) is 13.8 Å². The second-order valence-electron chi connectivity index (χ2n) is 11.0. The normalized spacial score (nSPS) is 21.0. The number of hydrogen-bond acceptors (Lipinski definition) is 13. The van der Waals surface area contributed by atoms with Crippen molar-refractivity contribution in [3.05, 3.63) is 63.7 Å². The number of esters is 2. The van der Waals surface area contributed by atoms with E-state index in [2.05, 4.69) is 16.0 Å². The van der Waals surface area contributed by atoms with E-state index in [4.69, 9.17) is 14.2 Å². The van der Waals surface area contributed by atoms with Crippen molar-refractivity contribution in [1.82, 2.24) is 20.9 Å². The van der Waals surface area contributed by atoms with E-state index in [-0.39, 0.29) is 35.8 Å². The lowest BCUT2D eigenvalue weighted by molar-refractivity contribution is -0.384. The van der Waals surface area contributed by atoms with Crippen LogP contribution in [0.25, 0.3) is 0 Å². The zero-order valence-corrected chi connectivity index (χ0v) is 26.5. The highest BCUT2D eigenvalue weighted by Crippen LogP contribution is 2.57. The van der Waals surface area contributed by atoms with Crippen LogP contribution in [0.1, 0.15) is 44.9 Å². The Morgan fingerprint density at radius 3 is 2.25 bits per heavy atom. The molecule has 2 saturated heterocycles. The van der Waals surface area contributed by atoms with E-state index in [1.807, 2.05) is 0 Å². The molecule has 2 aromatic carbocycles. The predicted octanol–water partition coefficient (Wildman–Crippen LogP) is 1.12. The van der Waals surface area contributed by atoms with E-state index < -0.39 is 68.6 Å². The molecule has 48 heavy (non-hydrogen) atoms. The minimum Gasteiger partial charge on any atom is -0.480 e. The van der Waals surface area contributed by atoms with Gasteiger partial charge in [0, 0.05) is 30.7 Å². The molecule has 2 aliphatic rings. The van der Waals surface area contributed by atoms with Gasteiger partial charge in [0.1, 0.15) is 18.7 Å². The second kappa shape index (κ2) is 13.6. The standard InChI is InChI=1S/C29H29N5O13S/c1-14(36)46-19-10-7-17(11-20(19)47-15(2)37)21(31-27(42)45-12-16-5-8-18(9-6-16)34(43)44)24(38)32-22-25(39)33-23(26(40)41)28(3,4)48-29(22,33)30-13-35/h5-11,13,21-23H,12H2,1-4H3,(H,30,35)(H,31,42)(H,32,38)(H,40,41)/t21?,22-,23+,29?/m1/s1. The first-order chi connectivity index (χ1) is 22.5. The molecule has 4 N–H and O–H groups in total. The van der Waals surface area contributed by atoms with Gasteiger partial charge in [-0.25, -0.2) is 9.59 Å². The van der Waals surface area contributed by atoms with Gasteiger partial charge in [-0.15, -0.1) is 11.8 Å². The number of nitro benzene ring substituents is 1. The summed E-state index contributed by atoms with van der Waals surface area (Å²) in [5.74, 6) is -5.24. The number of fused-ring (bicyclic) bond motifs is 1. The van der Waals surface area contributed by atoms with E-state index in [9.17, 15) is 48.8 Å². The SMILES string of the molecule is CC(=O)Oc1ccc(C(NC(=O)OCc2ccc([N+](=O)[O-])cc2)C(=O)N[C@@H]2C(=O)N3[C@@H](C(=O)O)C(C)(C)SC23NC=O)cc1OC(C)=O. The lowest BCUT2D eigenvalue weighted by atomic mass is 9.92. The molecule has 2 aliphatic heterocycles. The van der Waals surface area contributed by atoms with Crippen LogP contribution in [0.4, 0.5) is 10.5 Å². The average Bonchev–Trinajstić information content (AvgIpc) is 3.22. The first-order valence-electron chi connectivity index (χ1n) is 14.0. The highest BCUT2D eigenvalue weighted by molar-refractivity contribution is 8.02. The summed E-state index contributed by atoms with van der Waals surface area (Å²) in [5, 5.41) is 28.0. The molecule has 4 atom stereocenters. The van der Waals surface area contributed by atoms with Crippen molar-refractivity contribution in [1.29, 1.82) is 0 Å². The average molecular weight is 688 g/mol. The Morgan fingerprint density at radius 2 is 1.69 bits per heavy atom. The van der Waals surface area contributed by atoms with Crippen LogP contribution in [0.3, 0.4) is 0 Å². The van der Waals surface area contributed by atoms with Crippen LogP contribution in [0.5, 0.6) is 11.5 Å². The largest absolute Gasteiger partial charge is 0.480 e. The Bertz CT molecular complexity index is 1700. The number of β-lactam (4-membered cyclic amide) rings is 1. The highest BCUT2D eigenvalue weighted by Gasteiger charge is 2.74. The van der Waals surface area contributed by atoms with Gasteiger partial charge in [0.2, 0.25) is 12.3 Å². The van der Waals surface area contributed by atoms with Crippen LogP contribution >= 0.6 is 11.8 Å². The summed E-state index contributed by atoms with van der Waals surface area (Å²) in [6.07, 6.45) is -0.896. The van der Waals surface area contributed by atoms with Gasteiger partial charge in [0.25, 0.3) is 11.6 Å². The Balaban J connectivity index is 1.65. The molecular formula is C29H29N5O13S. The maximum Gasteiger partial charge on any atom is 0.408 e. The van der Waals surface area contributed by atoms with Gasteiger partial charge < -0.3 is 35.3 Å². The Kier molecular flexibility index (Phi) is 9.93. The molecule has 0 aliphatic carbocycles. The molecule has 19 heteroatoms. The van der Waals surface area contributed by atoms with Crippen molar-refractivity contribution in [2.45, 2.75) is 62.2 Å². The number of hydrogen-bond donors (Lipinski definition) is 4. The molecule has 0 radical (unpaired) electrons.